The molecule has 0 spiro atoms. The molecule has 1 aliphatic heterocycles. The van der Waals surface area contributed by atoms with Crippen LogP contribution in [-0.4, -0.2) is 11.1 Å². The number of hydrogen-bond acceptors (Lipinski definition) is 3. The van der Waals surface area contributed by atoms with Gasteiger partial charge in [0.25, 0.3) is 0 Å². The normalized spacial score (nSPS) is 12.2. The summed E-state index contributed by atoms with van der Waals surface area (Å²) in [5.74, 6) is 0.721. The van der Waals surface area contributed by atoms with Crippen molar-refractivity contribution in [3.63, 3.8) is 0 Å². The molecule has 0 saturated heterocycles. The van der Waals surface area contributed by atoms with Crippen molar-refractivity contribution in [1.29, 1.82) is 0 Å². The van der Waals surface area contributed by atoms with Gasteiger partial charge in [0, 0.05) is 0 Å². The maximum atomic E-state index is 10.7. The van der Waals surface area contributed by atoms with Gasteiger partial charge < -0.3 is 9.84 Å². The Morgan fingerprint density at radius 3 is 2.72 bits per heavy atom. The van der Waals surface area contributed by atoms with E-state index in [0.29, 0.717) is 0 Å². The predicted molar refractivity (Wildman–Crippen MR) is 68.4 cm³/mol. The van der Waals surface area contributed by atoms with Crippen molar-refractivity contribution >= 4 is 17.7 Å². The molecule has 0 amide bonds. The molecule has 0 bridgehead atoms. The third kappa shape index (κ3) is 2.07. The average molecular weight is 258 g/mol. The zero-order valence-electron chi connectivity index (χ0n) is 9.42. The molecule has 0 saturated carbocycles. The summed E-state index contributed by atoms with van der Waals surface area (Å²) in [5.41, 5.74) is 0.751. The summed E-state index contributed by atoms with van der Waals surface area (Å²) in [6, 6.07) is 13.4. The first-order valence-corrected chi connectivity index (χ1v) is 6.33. The molecule has 2 aromatic carbocycles. The number of hydrogen-bond donors (Lipinski definition) is 1. The van der Waals surface area contributed by atoms with Crippen molar-refractivity contribution in [2.24, 2.45) is 0 Å². The van der Waals surface area contributed by atoms with Crippen molar-refractivity contribution < 1.29 is 14.6 Å². The molecule has 0 unspecified atom stereocenters. The van der Waals surface area contributed by atoms with E-state index < -0.39 is 5.97 Å². The van der Waals surface area contributed by atoms with Gasteiger partial charge in [-0.2, -0.15) is 0 Å². The quantitative estimate of drug-likeness (QED) is 0.763. The van der Waals surface area contributed by atoms with Crippen LogP contribution in [0, 0.1) is 0 Å². The fourth-order valence-electron chi connectivity index (χ4n) is 1.86. The Kier molecular flexibility index (Phi) is 2.72. The Hall–Kier alpha value is -1.94. The molecule has 3 nitrogen and oxygen atoms in total. The van der Waals surface area contributed by atoms with Crippen LogP contribution in [0.25, 0.3) is 0 Å². The highest BCUT2D eigenvalue weighted by Gasteiger charge is 2.17. The van der Waals surface area contributed by atoms with Crippen LogP contribution in [0.2, 0.25) is 0 Å². The minimum Gasteiger partial charge on any atom is -0.481 e. The highest BCUT2D eigenvalue weighted by Crippen LogP contribution is 2.46. The molecule has 3 rings (SSSR count). The lowest BCUT2D eigenvalue weighted by atomic mass is 10.1. The van der Waals surface area contributed by atoms with Crippen LogP contribution in [-0.2, 0) is 11.2 Å². The molecule has 0 radical (unpaired) electrons. The molecule has 90 valence electrons. The van der Waals surface area contributed by atoms with Crippen LogP contribution in [0.5, 0.6) is 11.5 Å². The van der Waals surface area contributed by atoms with Gasteiger partial charge in [-0.15, -0.1) is 0 Å². The molecule has 1 aliphatic rings. The molecule has 0 atom stereocenters. The molecule has 18 heavy (non-hydrogen) atoms. The van der Waals surface area contributed by atoms with Crippen LogP contribution in [0.4, 0.5) is 0 Å². The van der Waals surface area contributed by atoms with Crippen LogP contribution < -0.4 is 4.74 Å². The first-order valence-electron chi connectivity index (χ1n) is 5.52. The van der Waals surface area contributed by atoms with E-state index in [2.05, 4.69) is 0 Å². The van der Waals surface area contributed by atoms with E-state index in [0.717, 1.165) is 26.9 Å². The number of ether oxygens (including phenoxy) is 1. The van der Waals surface area contributed by atoms with E-state index in [1.165, 1.54) is 0 Å². The standard InChI is InChI=1S/C14H10O3S/c15-14(16)8-9-5-6-13-11(7-9)17-10-3-1-2-4-12(10)18-13/h1-7H,8H2,(H,15,16). The first-order chi connectivity index (χ1) is 8.72. The Morgan fingerprint density at radius 1 is 1.11 bits per heavy atom. The summed E-state index contributed by atoms with van der Waals surface area (Å²) in [7, 11) is 0. The van der Waals surface area contributed by atoms with Gasteiger partial charge in [0.1, 0.15) is 11.5 Å². The van der Waals surface area contributed by atoms with E-state index in [-0.39, 0.29) is 6.42 Å². The van der Waals surface area contributed by atoms with Crippen molar-refractivity contribution in [2.75, 3.05) is 0 Å². The molecule has 0 aromatic heterocycles. The maximum Gasteiger partial charge on any atom is 0.307 e. The Balaban J connectivity index is 1.96. The number of para-hydroxylation sites is 1. The summed E-state index contributed by atoms with van der Waals surface area (Å²) >= 11 is 1.64. The predicted octanol–water partition coefficient (Wildman–Crippen LogP) is 3.57. The van der Waals surface area contributed by atoms with E-state index >= 15 is 0 Å². The molecule has 0 fully saturated rings. The number of aliphatic carboxylic acids is 1. The molecule has 1 N–H and O–H groups in total. The van der Waals surface area contributed by atoms with Crippen LogP contribution in [0.1, 0.15) is 5.56 Å². The number of carboxylic acid groups (broad SMARTS) is 1. The van der Waals surface area contributed by atoms with Crippen LogP contribution in [0.15, 0.2) is 52.3 Å². The summed E-state index contributed by atoms with van der Waals surface area (Å²) in [6.07, 6.45) is 0.0168. The minimum absolute atomic E-state index is 0.0168. The molecule has 2 aromatic rings. The second kappa shape index (κ2) is 4.38. The number of carboxylic acids is 1. The highest BCUT2D eigenvalue weighted by molar-refractivity contribution is 7.99. The smallest absolute Gasteiger partial charge is 0.307 e. The average Bonchev–Trinajstić information content (AvgIpc) is 2.35. The SMILES string of the molecule is O=C(O)Cc1ccc2c(c1)Oc1ccccc1S2. The zero-order chi connectivity index (χ0) is 12.5. The number of fused-ring (bicyclic) bond motifs is 2. The van der Waals surface area contributed by atoms with Gasteiger partial charge in [0.2, 0.25) is 0 Å². The second-order valence-electron chi connectivity index (χ2n) is 4.00. The fraction of sp³-hybridized carbons (Fsp3) is 0.0714. The summed E-state index contributed by atoms with van der Waals surface area (Å²) in [5, 5.41) is 8.78. The van der Waals surface area contributed by atoms with E-state index in [9.17, 15) is 4.79 Å². The van der Waals surface area contributed by atoms with Gasteiger partial charge in [-0.1, -0.05) is 30.0 Å². The van der Waals surface area contributed by atoms with Gasteiger partial charge >= 0.3 is 5.97 Å². The highest BCUT2D eigenvalue weighted by atomic mass is 32.2. The number of rotatable bonds is 2. The lowest BCUT2D eigenvalue weighted by Crippen LogP contribution is -2.01. The lowest BCUT2D eigenvalue weighted by Gasteiger charge is -2.19. The van der Waals surface area contributed by atoms with Crippen molar-refractivity contribution in [3.8, 4) is 11.5 Å². The van der Waals surface area contributed by atoms with E-state index in [1.807, 2.05) is 36.4 Å². The Bertz CT molecular complexity index is 622. The summed E-state index contributed by atoms with van der Waals surface area (Å²) < 4.78 is 5.79. The van der Waals surface area contributed by atoms with Crippen molar-refractivity contribution in [2.45, 2.75) is 16.2 Å². The van der Waals surface area contributed by atoms with Gasteiger partial charge in [0.15, 0.2) is 0 Å². The summed E-state index contributed by atoms with van der Waals surface area (Å²) in [4.78, 5) is 12.8. The Labute approximate surface area is 108 Å². The topological polar surface area (TPSA) is 46.5 Å². The van der Waals surface area contributed by atoms with Crippen molar-refractivity contribution in [1.82, 2.24) is 0 Å². The van der Waals surface area contributed by atoms with Crippen LogP contribution in [0.3, 0.4) is 0 Å². The molecule has 0 aliphatic carbocycles. The molecular weight excluding hydrogens is 248 g/mol. The van der Waals surface area contributed by atoms with Gasteiger partial charge in [-0.05, 0) is 29.8 Å². The molecular formula is C14H10O3S. The maximum absolute atomic E-state index is 10.7. The number of benzene rings is 2. The lowest BCUT2D eigenvalue weighted by molar-refractivity contribution is -0.136. The molecule has 1 heterocycles. The summed E-state index contributed by atoms with van der Waals surface area (Å²) in [6.45, 7) is 0. The van der Waals surface area contributed by atoms with E-state index in [4.69, 9.17) is 9.84 Å². The third-order valence-corrected chi connectivity index (χ3v) is 3.77. The monoisotopic (exact) mass is 258 g/mol. The largest absolute Gasteiger partial charge is 0.481 e. The Morgan fingerprint density at radius 2 is 1.89 bits per heavy atom. The fourth-order valence-corrected chi connectivity index (χ4v) is 2.79. The van der Waals surface area contributed by atoms with Crippen molar-refractivity contribution in [3.05, 3.63) is 48.0 Å². The van der Waals surface area contributed by atoms with Gasteiger partial charge in [0.05, 0.1) is 16.2 Å². The number of carbonyl (C=O) groups is 1. The van der Waals surface area contributed by atoms with E-state index in [1.54, 1.807) is 17.8 Å². The third-order valence-electron chi connectivity index (χ3n) is 2.65. The zero-order valence-corrected chi connectivity index (χ0v) is 10.2. The van der Waals surface area contributed by atoms with Gasteiger partial charge in [-0.3, -0.25) is 4.79 Å². The van der Waals surface area contributed by atoms with Gasteiger partial charge in [-0.25, -0.2) is 0 Å². The second-order valence-corrected chi connectivity index (χ2v) is 5.09. The molecule has 4 heteroatoms. The van der Waals surface area contributed by atoms with Crippen LogP contribution >= 0.6 is 11.8 Å². The first kappa shape index (κ1) is 11.2. The minimum atomic E-state index is -0.834.